The maximum atomic E-state index is 11.2. The van der Waals surface area contributed by atoms with Gasteiger partial charge in [-0.25, -0.2) is 0 Å². The van der Waals surface area contributed by atoms with Crippen molar-refractivity contribution >= 4 is 18.5 Å². The molecule has 2 saturated heterocycles. The maximum Gasteiger partial charge on any atom is 0.186 e. The normalized spacial score (nSPS) is 29.8. The Balaban J connectivity index is 1.57. The van der Waals surface area contributed by atoms with E-state index in [0.29, 0.717) is 6.16 Å². The van der Waals surface area contributed by atoms with Gasteiger partial charge in [-0.3, -0.25) is 0 Å². The molecule has 0 unspecified atom stereocenters. The van der Waals surface area contributed by atoms with E-state index >= 15 is 0 Å². The number of benzene rings is 2. The fourth-order valence-corrected chi connectivity index (χ4v) is 6.32. The van der Waals surface area contributed by atoms with Crippen LogP contribution in [0.3, 0.4) is 0 Å². The van der Waals surface area contributed by atoms with E-state index in [1.807, 2.05) is 50.2 Å². The van der Waals surface area contributed by atoms with Crippen molar-refractivity contribution in [2.45, 2.75) is 50.3 Å². The molecule has 0 aliphatic carbocycles. The van der Waals surface area contributed by atoms with E-state index in [-0.39, 0.29) is 12.2 Å². The predicted molar refractivity (Wildman–Crippen MR) is 109 cm³/mol. The average molecular weight is 402 g/mol. The summed E-state index contributed by atoms with van der Waals surface area (Å²) in [6, 6.07) is 20.7. The van der Waals surface area contributed by atoms with Gasteiger partial charge < -0.3 is 24.1 Å². The molecule has 5 nitrogen and oxygen atoms in total. The highest BCUT2D eigenvalue weighted by atomic mass is 31.1. The minimum atomic E-state index is -0.734. The summed E-state index contributed by atoms with van der Waals surface area (Å²) >= 11 is 0. The summed E-state index contributed by atoms with van der Waals surface area (Å²) in [5.74, 6) is -0.711. The summed E-state index contributed by atoms with van der Waals surface area (Å²) in [6.07, 6.45) is -1.83. The molecule has 0 bridgehead atoms. The van der Waals surface area contributed by atoms with Gasteiger partial charge in [-0.15, -0.1) is 0 Å². The molecule has 2 fully saturated rings. The summed E-state index contributed by atoms with van der Waals surface area (Å²) in [7, 11) is 0.855. The first-order chi connectivity index (χ1) is 13.5. The number of aliphatic hydroxyl groups is 1. The fraction of sp³-hybridized carbons (Fsp3) is 0.455. The van der Waals surface area contributed by atoms with Crippen LogP contribution in [-0.4, -0.2) is 54.9 Å². The fourth-order valence-electron chi connectivity index (χ4n) is 3.96. The average Bonchev–Trinajstić information content (AvgIpc) is 3.20. The molecule has 28 heavy (non-hydrogen) atoms. The van der Waals surface area contributed by atoms with Crippen molar-refractivity contribution in [2.24, 2.45) is 0 Å². The summed E-state index contributed by atoms with van der Waals surface area (Å²) in [6.45, 7) is 3.75. The SMILES string of the molecule is CO[C@H]1O[C@H]([C@@H](O)CP(c2ccccc2)c2ccccc2)[C@@H]2OC(C)(C)O[C@H]12. The van der Waals surface area contributed by atoms with Gasteiger partial charge in [0.25, 0.3) is 0 Å². The lowest BCUT2D eigenvalue weighted by Crippen LogP contribution is -2.41. The molecule has 0 spiro atoms. The third-order valence-electron chi connectivity index (χ3n) is 5.16. The van der Waals surface area contributed by atoms with Gasteiger partial charge in [0, 0.05) is 13.3 Å². The largest absolute Gasteiger partial charge is 0.390 e. The number of ether oxygens (including phenoxy) is 4. The Kier molecular flexibility index (Phi) is 5.84. The van der Waals surface area contributed by atoms with Gasteiger partial charge >= 0.3 is 0 Å². The van der Waals surface area contributed by atoms with E-state index in [4.69, 9.17) is 18.9 Å². The van der Waals surface area contributed by atoms with Gasteiger partial charge in [0.1, 0.15) is 18.3 Å². The molecule has 2 aromatic carbocycles. The number of fused-ring (bicyclic) bond motifs is 1. The van der Waals surface area contributed by atoms with Crippen molar-refractivity contribution in [2.75, 3.05) is 13.3 Å². The number of hydrogen-bond acceptors (Lipinski definition) is 5. The van der Waals surface area contributed by atoms with Gasteiger partial charge in [0.05, 0.1) is 6.10 Å². The van der Waals surface area contributed by atoms with Crippen LogP contribution in [-0.2, 0) is 18.9 Å². The molecule has 4 rings (SSSR count). The Bertz CT molecular complexity index is 730. The highest BCUT2D eigenvalue weighted by Crippen LogP contribution is 2.42. The lowest BCUT2D eigenvalue weighted by molar-refractivity contribution is -0.235. The molecule has 2 aromatic rings. The molecule has 0 saturated carbocycles. The highest BCUT2D eigenvalue weighted by molar-refractivity contribution is 7.73. The number of hydrogen-bond donors (Lipinski definition) is 1. The van der Waals surface area contributed by atoms with Crippen LogP contribution in [0, 0.1) is 0 Å². The zero-order valence-corrected chi connectivity index (χ0v) is 17.3. The van der Waals surface area contributed by atoms with Crippen molar-refractivity contribution in [3.05, 3.63) is 60.7 Å². The van der Waals surface area contributed by atoms with E-state index in [9.17, 15) is 5.11 Å². The van der Waals surface area contributed by atoms with Crippen LogP contribution >= 0.6 is 7.92 Å². The van der Waals surface area contributed by atoms with Crippen LogP contribution < -0.4 is 10.6 Å². The monoisotopic (exact) mass is 402 g/mol. The van der Waals surface area contributed by atoms with E-state index in [1.54, 1.807) is 7.11 Å². The van der Waals surface area contributed by atoms with Crippen molar-refractivity contribution in [1.29, 1.82) is 0 Å². The lowest BCUT2D eigenvalue weighted by atomic mass is 10.1. The molecule has 2 aliphatic rings. The molecule has 0 radical (unpaired) electrons. The topological polar surface area (TPSA) is 57.2 Å². The van der Waals surface area contributed by atoms with Crippen LogP contribution in [0.1, 0.15) is 13.8 Å². The van der Waals surface area contributed by atoms with Crippen LogP contribution in [0.25, 0.3) is 0 Å². The lowest BCUT2D eigenvalue weighted by Gasteiger charge is -2.28. The van der Waals surface area contributed by atoms with E-state index < -0.39 is 32.2 Å². The predicted octanol–water partition coefficient (Wildman–Crippen LogP) is 2.37. The first kappa shape index (κ1) is 20.0. The molecular weight excluding hydrogens is 375 g/mol. The quantitative estimate of drug-likeness (QED) is 0.752. The zero-order valence-electron chi connectivity index (χ0n) is 16.4. The van der Waals surface area contributed by atoms with Crippen LogP contribution in [0.2, 0.25) is 0 Å². The molecular formula is C22H27O5P. The first-order valence-electron chi connectivity index (χ1n) is 9.58. The Morgan fingerprint density at radius 3 is 2.04 bits per heavy atom. The number of rotatable bonds is 6. The minimum absolute atomic E-state index is 0.334. The minimum Gasteiger partial charge on any atom is -0.390 e. The summed E-state index contributed by atoms with van der Waals surface area (Å²) in [5.41, 5.74) is 0. The van der Waals surface area contributed by atoms with Crippen molar-refractivity contribution in [3.63, 3.8) is 0 Å². The van der Waals surface area contributed by atoms with E-state index in [1.165, 1.54) is 10.6 Å². The van der Waals surface area contributed by atoms with Crippen LogP contribution in [0.15, 0.2) is 60.7 Å². The molecule has 6 heteroatoms. The summed E-state index contributed by atoms with van der Waals surface area (Å²) < 4.78 is 23.4. The Labute approximate surface area is 167 Å². The second-order valence-corrected chi connectivity index (χ2v) is 9.87. The van der Waals surface area contributed by atoms with E-state index in [0.717, 1.165) is 0 Å². The van der Waals surface area contributed by atoms with Crippen molar-refractivity contribution < 1.29 is 24.1 Å². The molecule has 150 valence electrons. The van der Waals surface area contributed by atoms with Crippen molar-refractivity contribution in [3.8, 4) is 0 Å². The first-order valence-corrected chi connectivity index (χ1v) is 11.1. The Morgan fingerprint density at radius 1 is 0.964 bits per heavy atom. The number of methoxy groups -OCH3 is 1. The van der Waals surface area contributed by atoms with Gasteiger partial charge in [-0.2, -0.15) is 0 Å². The van der Waals surface area contributed by atoms with Crippen LogP contribution in [0.4, 0.5) is 0 Å². The van der Waals surface area contributed by atoms with Gasteiger partial charge in [0.2, 0.25) is 0 Å². The molecule has 2 aliphatic heterocycles. The summed E-state index contributed by atoms with van der Waals surface area (Å²) in [5, 5.41) is 13.6. The van der Waals surface area contributed by atoms with E-state index in [2.05, 4.69) is 24.3 Å². The third-order valence-corrected chi connectivity index (χ3v) is 7.75. The Hall–Kier alpha value is -1.33. The molecule has 0 amide bonds. The van der Waals surface area contributed by atoms with Gasteiger partial charge in [-0.05, 0) is 32.4 Å². The third kappa shape index (κ3) is 4.02. The molecule has 1 N–H and O–H groups in total. The molecule has 0 aromatic heterocycles. The smallest absolute Gasteiger partial charge is 0.186 e. The summed E-state index contributed by atoms with van der Waals surface area (Å²) in [4.78, 5) is 0. The molecule has 2 heterocycles. The highest BCUT2D eigenvalue weighted by Gasteiger charge is 2.57. The maximum absolute atomic E-state index is 11.2. The van der Waals surface area contributed by atoms with Gasteiger partial charge in [-0.1, -0.05) is 60.7 Å². The zero-order chi connectivity index (χ0) is 19.7. The molecule has 5 atom stereocenters. The second-order valence-electron chi connectivity index (χ2n) is 7.62. The number of aliphatic hydroxyl groups excluding tert-OH is 1. The Morgan fingerprint density at radius 2 is 1.50 bits per heavy atom. The standard InChI is InChI=1S/C22H27O5P/c1-22(2)26-19-18(25-21(24-3)20(19)27-22)17(23)14-28(15-10-6-4-7-11-15)16-12-8-5-9-13-16/h4-13,17-21,23H,14H2,1-3H3/t17-,18+,19-,20-,21-/m0/s1. The van der Waals surface area contributed by atoms with Crippen LogP contribution in [0.5, 0.6) is 0 Å². The van der Waals surface area contributed by atoms with Crippen molar-refractivity contribution in [1.82, 2.24) is 0 Å². The van der Waals surface area contributed by atoms with Gasteiger partial charge in [0.15, 0.2) is 12.1 Å². The second kappa shape index (κ2) is 8.19.